The molecule has 2 heterocycles. The van der Waals surface area contributed by atoms with Crippen LogP contribution in [0.15, 0.2) is 21.9 Å². The number of hydrogen-bond donors (Lipinski definition) is 0. The summed E-state index contributed by atoms with van der Waals surface area (Å²) in [6.45, 7) is 4.91. The smallest absolute Gasteiger partial charge is 0.348 e. The van der Waals surface area contributed by atoms with Crippen molar-refractivity contribution in [3.8, 4) is 0 Å². The number of aryl methyl sites for hydroxylation is 1. The molecule has 0 bridgehead atoms. The van der Waals surface area contributed by atoms with Crippen LogP contribution in [0.5, 0.6) is 0 Å². The zero-order valence-corrected chi connectivity index (χ0v) is 13.3. The minimum Gasteiger partial charge on any atom is -0.357 e. The van der Waals surface area contributed by atoms with Gasteiger partial charge in [0.2, 0.25) is 0 Å². The normalized spacial score (nSPS) is 11.9. The maximum atomic E-state index is 13.7. The fraction of sp³-hybridized carbons (Fsp3) is 0.500. The molecule has 0 spiro atoms. The lowest BCUT2D eigenvalue weighted by molar-refractivity contribution is -0.0582. The molecule has 0 saturated carbocycles. The van der Waals surface area contributed by atoms with E-state index in [1.807, 2.05) is 0 Å². The summed E-state index contributed by atoms with van der Waals surface area (Å²) in [5, 5.41) is 4.20. The van der Waals surface area contributed by atoms with Crippen molar-refractivity contribution >= 4 is 0 Å². The monoisotopic (exact) mass is 310 g/mol. The predicted octanol–water partition coefficient (Wildman–Crippen LogP) is 0.578. The van der Waals surface area contributed by atoms with E-state index in [-0.39, 0.29) is 17.8 Å². The van der Waals surface area contributed by atoms with Crippen molar-refractivity contribution in [1.82, 2.24) is 18.9 Å². The summed E-state index contributed by atoms with van der Waals surface area (Å²) in [6.07, 6.45) is 1.48. The third-order valence-electron chi connectivity index (χ3n) is 3.69. The molecule has 0 atom stereocenters. The maximum Gasteiger partial charge on any atom is 0.348 e. The summed E-state index contributed by atoms with van der Waals surface area (Å²) in [4.78, 5) is 24.1. The first-order chi connectivity index (χ1) is 10.2. The van der Waals surface area contributed by atoms with Gasteiger partial charge in [-0.15, -0.1) is 0 Å². The Kier molecular flexibility index (Phi) is 4.06. The molecule has 2 aromatic rings. The van der Waals surface area contributed by atoms with Crippen molar-refractivity contribution < 1.29 is 9.13 Å². The molecule has 7 nitrogen and oxygen atoms in total. The molecule has 2 rings (SSSR count). The standard InChI is InChI=1S/C14H19FN4O3/c1-9-6-7-18(12(20)11(9)15)8-10-16-19(13(21)17(10)4)14(2,3)22-5/h6-7H,8H2,1-5H3. The van der Waals surface area contributed by atoms with Gasteiger partial charge in [-0.25, -0.2) is 9.18 Å². The Morgan fingerprint density at radius 2 is 2.00 bits per heavy atom. The fourth-order valence-electron chi connectivity index (χ4n) is 1.97. The predicted molar refractivity (Wildman–Crippen MR) is 78.3 cm³/mol. The first-order valence-electron chi connectivity index (χ1n) is 6.75. The lowest BCUT2D eigenvalue weighted by Gasteiger charge is -2.21. The Balaban J connectivity index is 2.49. The van der Waals surface area contributed by atoms with Crippen LogP contribution in [-0.2, 0) is 24.1 Å². The highest BCUT2D eigenvalue weighted by molar-refractivity contribution is 5.11. The van der Waals surface area contributed by atoms with Crippen LogP contribution in [0.25, 0.3) is 0 Å². The van der Waals surface area contributed by atoms with Crippen molar-refractivity contribution in [3.05, 3.63) is 50.3 Å². The van der Waals surface area contributed by atoms with Crippen molar-refractivity contribution in [3.63, 3.8) is 0 Å². The minimum absolute atomic E-state index is 0.00539. The zero-order valence-electron chi connectivity index (χ0n) is 13.3. The van der Waals surface area contributed by atoms with Crippen LogP contribution >= 0.6 is 0 Å². The Morgan fingerprint density at radius 3 is 2.59 bits per heavy atom. The Labute approximate surface area is 126 Å². The lowest BCUT2D eigenvalue weighted by Crippen LogP contribution is -2.38. The highest BCUT2D eigenvalue weighted by atomic mass is 19.1. The topological polar surface area (TPSA) is 71.0 Å². The molecular formula is C14H19FN4O3. The van der Waals surface area contributed by atoms with Gasteiger partial charge in [-0.05, 0) is 32.4 Å². The fourth-order valence-corrected chi connectivity index (χ4v) is 1.97. The van der Waals surface area contributed by atoms with Gasteiger partial charge in [-0.3, -0.25) is 9.36 Å². The molecule has 0 unspecified atom stereocenters. The molecule has 0 saturated heterocycles. The number of ether oxygens (including phenoxy) is 1. The molecule has 0 aliphatic carbocycles. The molecule has 0 radical (unpaired) electrons. The largest absolute Gasteiger partial charge is 0.357 e. The first kappa shape index (κ1) is 16.2. The number of aromatic nitrogens is 4. The van der Waals surface area contributed by atoms with Gasteiger partial charge in [0, 0.05) is 20.4 Å². The minimum atomic E-state index is -0.920. The van der Waals surface area contributed by atoms with Crippen LogP contribution in [0.4, 0.5) is 4.39 Å². The van der Waals surface area contributed by atoms with Crippen LogP contribution in [0.1, 0.15) is 25.2 Å². The Bertz CT molecular complexity index is 816. The second-order valence-corrected chi connectivity index (χ2v) is 5.57. The molecule has 22 heavy (non-hydrogen) atoms. The Hall–Kier alpha value is -2.22. The number of halogens is 1. The van der Waals surface area contributed by atoms with Crippen LogP contribution in [0.2, 0.25) is 0 Å². The highest BCUT2D eigenvalue weighted by Crippen LogP contribution is 2.12. The quantitative estimate of drug-likeness (QED) is 0.828. The summed E-state index contributed by atoms with van der Waals surface area (Å²) in [7, 11) is 3.02. The summed E-state index contributed by atoms with van der Waals surface area (Å²) < 4.78 is 22.6. The summed E-state index contributed by atoms with van der Waals surface area (Å²) >= 11 is 0. The summed E-state index contributed by atoms with van der Waals surface area (Å²) in [5.74, 6) is -0.468. The average Bonchev–Trinajstić information content (AvgIpc) is 2.77. The zero-order chi connectivity index (χ0) is 16.7. The molecule has 0 N–H and O–H groups in total. The number of methoxy groups -OCH3 is 1. The number of hydrogen-bond acceptors (Lipinski definition) is 4. The van der Waals surface area contributed by atoms with Crippen LogP contribution in [-0.4, -0.2) is 26.0 Å². The number of rotatable bonds is 4. The van der Waals surface area contributed by atoms with E-state index in [9.17, 15) is 14.0 Å². The van der Waals surface area contributed by atoms with E-state index in [2.05, 4.69) is 5.10 Å². The average molecular weight is 310 g/mol. The number of nitrogens with zero attached hydrogens (tertiary/aromatic N) is 4. The third-order valence-corrected chi connectivity index (χ3v) is 3.69. The maximum absolute atomic E-state index is 13.7. The molecule has 0 amide bonds. The van der Waals surface area contributed by atoms with Crippen molar-refractivity contribution in [1.29, 1.82) is 0 Å². The second kappa shape index (κ2) is 5.53. The molecular weight excluding hydrogens is 291 g/mol. The molecule has 2 aromatic heterocycles. The van der Waals surface area contributed by atoms with E-state index >= 15 is 0 Å². The van der Waals surface area contributed by atoms with Gasteiger partial charge in [0.05, 0.1) is 6.54 Å². The number of pyridine rings is 1. The van der Waals surface area contributed by atoms with Gasteiger partial charge in [0.15, 0.2) is 17.4 Å². The molecule has 8 heteroatoms. The van der Waals surface area contributed by atoms with E-state index in [0.29, 0.717) is 5.82 Å². The third kappa shape index (κ3) is 2.61. The highest BCUT2D eigenvalue weighted by Gasteiger charge is 2.25. The molecule has 0 aliphatic rings. The van der Waals surface area contributed by atoms with Gasteiger partial charge < -0.3 is 9.30 Å². The Morgan fingerprint density at radius 1 is 1.36 bits per heavy atom. The van der Waals surface area contributed by atoms with Crippen LogP contribution in [0.3, 0.4) is 0 Å². The van der Waals surface area contributed by atoms with Crippen molar-refractivity contribution in [2.75, 3.05) is 7.11 Å². The van der Waals surface area contributed by atoms with E-state index in [0.717, 1.165) is 0 Å². The summed E-state index contributed by atoms with van der Waals surface area (Å²) in [6, 6.07) is 1.50. The van der Waals surface area contributed by atoms with E-state index in [1.54, 1.807) is 20.9 Å². The van der Waals surface area contributed by atoms with E-state index in [4.69, 9.17) is 4.74 Å². The van der Waals surface area contributed by atoms with Gasteiger partial charge in [-0.2, -0.15) is 9.78 Å². The SMILES string of the molecule is COC(C)(C)n1nc(Cn2ccc(C)c(F)c2=O)n(C)c1=O. The van der Waals surface area contributed by atoms with Crippen molar-refractivity contribution in [2.45, 2.75) is 33.0 Å². The van der Waals surface area contributed by atoms with Crippen molar-refractivity contribution in [2.24, 2.45) is 7.05 Å². The summed E-state index contributed by atoms with van der Waals surface area (Å²) in [5.41, 5.74) is -1.76. The van der Waals surface area contributed by atoms with Gasteiger partial charge in [0.25, 0.3) is 5.56 Å². The van der Waals surface area contributed by atoms with Crippen LogP contribution < -0.4 is 11.2 Å². The molecule has 0 aliphatic heterocycles. The second-order valence-electron chi connectivity index (χ2n) is 5.57. The molecule has 0 aromatic carbocycles. The molecule has 120 valence electrons. The van der Waals surface area contributed by atoms with E-state index in [1.165, 1.54) is 40.1 Å². The van der Waals surface area contributed by atoms with Crippen LogP contribution in [0, 0.1) is 12.7 Å². The van der Waals surface area contributed by atoms with Gasteiger partial charge >= 0.3 is 5.69 Å². The van der Waals surface area contributed by atoms with E-state index < -0.39 is 17.1 Å². The van der Waals surface area contributed by atoms with Gasteiger partial charge in [-0.1, -0.05) is 0 Å². The lowest BCUT2D eigenvalue weighted by atomic mass is 10.3. The first-order valence-corrected chi connectivity index (χ1v) is 6.75. The molecule has 0 fully saturated rings. The van der Waals surface area contributed by atoms with Gasteiger partial charge in [0.1, 0.15) is 0 Å².